The van der Waals surface area contributed by atoms with E-state index in [0.717, 1.165) is 18.7 Å². The zero-order valence-electron chi connectivity index (χ0n) is 18.0. The molecule has 0 aliphatic rings. The first-order valence-electron chi connectivity index (χ1n) is 10.1. The van der Waals surface area contributed by atoms with Crippen LogP contribution in [0.15, 0.2) is 12.4 Å². The van der Waals surface area contributed by atoms with Crippen molar-refractivity contribution in [3.8, 4) is 0 Å². The van der Waals surface area contributed by atoms with Gasteiger partial charge in [-0.05, 0) is 20.3 Å². The molecule has 1 aromatic heterocycles. The number of nitrogens with zero attached hydrogens (tertiary/aromatic N) is 1. The molecule has 10 heteroatoms. The van der Waals surface area contributed by atoms with E-state index in [1.54, 1.807) is 6.20 Å². The van der Waals surface area contributed by atoms with Crippen molar-refractivity contribution in [3.63, 3.8) is 0 Å². The molecule has 1 unspecified atom stereocenters. The Balaban J connectivity index is 0.000000555. The fraction of sp³-hybridized carbons (Fsp3) is 0.789. The molecule has 29 heavy (non-hydrogen) atoms. The van der Waals surface area contributed by atoms with Gasteiger partial charge in [0.2, 0.25) is 10.4 Å². The summed E-state index contributed by atoms with van der Waals surface area (Å²) in [4.78, 5) is 14.5. The maximum absolute atomic E-state index is 11.5. The number of H-pyrrole nitrogens is 1. The van der Waals surface area contributed by atoms with Gasteiger partial charge in [0.1, 0.15) is 24.9 Å². The molecule has 0 radical (unpaired) electrons. The Kier molecular flexibility index (Phi) is 15.5. The molecule has 0 amide bonds. The van der Waals surface area contributed by atoms with Gasteiger partial charge in [0.25, 0.3) is 5.82 Å². The van der Waals surface area contributed by atoms with E-state index in [1.807, 2.05) is 31.7 Å². The van der Waals surface area contributed by atoms with Crippen LogP contribution in [0.3, 0.4) is 0 Å². The predicted molar refractivity (Wildman–Crippen MR) is 107 cm³/mol. The van der Waals surface area contributed by atoms with Crippen molar-refractivity contribution in [2.75, 3.05) is 19.8 Å². The number of aromatic amines is 1. The van der Waals surface area contributed by atoms with E-state index in [9.17, 15) is 17.8 Å². The number of nitrogens with one attached hydrogen (secondary N) is 1. The van der Waals surface area contributed by atoms with Gasteiger partial charge in [-0.25, -0.2) is 18.0 Å². The summed E-state index contributed by atoms with van der Waals surface area (Å²) in [6.45, 7) is 6.97. The van der Waals surface area contributed by atoms with Crippen LogP contribution >= 0.6 is 0 Å². The van der Waals surface area contributed by atoms with Gasteiger partial charge in [-0.3, -0.25) is 8.98 Å². The van der Waals surface area contributed by atoms with Crippen LogP contribution in [0, 0.1) is 0 Å². The Hall–Kier alpha value is -1.49. The highest BCUT2D eigenvalue weighted by Gasteiger charge is 2.16. The molecule has 0 saturated heterocycles. The van der Waals surface area contributed by atoms with Gasteiger partial charge in [-0.2, -0.15) is 0 Å². The van der Waals surface area contributed by atoms with Gasteiger partial charge in [0.15, 0.2) is 0 Å². The van der Waals surface area contributed by atoms with Crippen molar-refractivity contribution >= 4 is 16.4 Å². The Bertz CT molecular complexity index is 647. The van der Waals surface area contributed by atoms with Crippen molar-refractivity contribution < 1.29 is 36.0 Å². The lowest BCUT2D eigenvalue weighted by Gasteiger charge is -2.11. The molecule has 0 bridgehead atoms. The molecule has 0 aliphatic heterocycles. The highest BCUT2D eigenvalue weighted by Crippen LogP contribution is 2.05. The molecule has 1 heterocycles. The van der Waals surface area contributed by atoms with Crippen LogP contribution in [0.25, 0.3) is 0 Å². The summed E-state index contributed by atoms with van der Waals surface area (Å²) in [5.74, 6) is 0.582. The largest absolute Gasteiger partial charge is 0.726 e. The molecule has 0 aliphatic carbocycles. The minimum absolute atomic E-state index is 0.0258. The molecule has 0 aromatic carbocycles. The highest BCUT2D eigenvalue weighted by atomic mass is 32.3. The number of ether oxygens (including phenoxy) is 2. The number of aromatic nitrogens is 2. The van der Waals surface area contributed by atoms with E-state index in [4.69, 9.17) is 9.47 Å². The lowest BCUT2D eigenvalue weighted by atomic mass is 10.1. The number of aryl methyl sites for hydroxylation is 1. The first-order chi connectivity index (χ1) is 13.7. The topological polar surface area (TPSA) is 122 Å². The van der Waals surface area contributed by atoms with Crippen LogP contribution in [-0.4, -0.2) is 49.8 Å². The summed E-state index contributed by atoms with van der Waals surface area (Å²) in [5.41, 5.74) is 0. The van der Waals surface area contributed by atoms with E-state index in [-0.39, 0.29) is 25.1 Å². The minimum Gasteiger partial charge on any atom is -0.726 e. The number of unbranched alkanes of at least 4 members (excludes halogenated alkanes) is 5. The first kappa shape index (κ1) is 27.5. The fourth-order valence-electron chi connectivity index (χ4n) is 2.38. The van der Waals surface area contributed by atoms with Gasteiger partial charge in [0, 0.05) is 6.61 Å². The predicted octanol–water partition coefficient (Wildman–Crippen LogP) is 2.17. The number of hydrogen-bond donors (Lipinski definition) is 1. The van der Waals surface area contributed by atoms with Crippen molar-refractivity contribution in [2.45, 2.75) is 71.8 Å². The lowest BCUT2D eigenvalue weighted by Crippen LogP contribution is -2.33. The molecule has 1 N–H and O–H groups in total. The second kappa shape index (κ2) is 16.3. The number of carbonyl (C=O) groups is 1. The third-order valence-electron chi connectivity index (χ3n) is 3.90. The van der Waals surface area contributed by atoms with E-state index >= 15 is 0 Å². The summed E-state index contributed by atoms with van der Waals surface area (Å²) in [6.07, 6.45) is 9.90. The standard InChI is InChI=1S/C11H18N2O3.C8H18O4S/c1-4-15-8-9(2)16-11(14)7-10-12-5-6-13(10)3;1-2-3-4-5-6-7-8-12-13(9,10)11/h5-6,9H,4,7-8H2,1-3H3;2-8H2,1H3,(H,9,10,11). The number of hydrogen-bond acceptors (Lipinski definition) is 7. The normalized spacial score (nSPS) is 12.2. The second-order valence-corrected chi connectivity index (χ2v) is 7.70. The molecule has 170 valence electrons. The highest BCUT2D eigenvalue weighted by molar-refractivity contribution is 7.80. The fourth-order valence-corrected chi connectivity index (χ4v) is 2.70. The zero-order valence-corrected chi connectivity index (χ0v) is 18.8. The number of rotatable bonds is 14. The van der Waals surface area contributed by atoms with Gasteiger partial charge >= 0.3 is 5.97 Å². The van der Waals surface area contributed by atoms with Crippen molar-refractivity contribution in [1.29, 1.82) is 0 Å². The van der Waals surface area contributed by atoms with E-state index in [1.165, 1.54) is 19.3 Å². The molecule has 9 nitrogen and oxygen atoms in total. The summed E-state index contributed by atoms with van der Waals surface area (Å²) >= 11 is 0. The number of imidazole rings is 1. The van der Waals surface area contributed by atoms with Crippen LogP contribution in [0.1, 0.15) is 65.1 Å². The number of carbonyl (C=O) groups excluding carboxylic acids is 1. The second-order valence-electron chi connectivity index (χ2n) is 6.65. The SMILES string of the molecule is CCCCCCCCOS(=O)(=O)[O-].CCOCC(C)OC(=O)Cc1[nH]cc[n+]1C. The van der Waals surface area contributed by atoms with E-state index in [2.05, 4.69) is 16.1 Å². The summed E-state index contributed by atoms with van der Waals surface area (Å²) in [7, 11) is -2.59. The average molecular weight is 437 g/mol. The molecule has 1 aromatic rings. The first-order valence-corrected chi connectivity index (χ1v) is 11.4. The van der Waals surface area contributed by atoms with E-state index in [0.29, 0.717) is 19.6 Å². The summed E-state index contributed by atoms with van der Waals surface area (Å²) < 4.78 is 46.2. The van der Waals surface area contributed by atoms with Crippen LogP contribution in [0.5, 0.6) is 0 Å². The molecule has 0 saturated carbocycles. The smallest absolute Gasteiger partial charge is 0.318 e. The minimum atomic E-state index is -4.47. The molecule has 1 atom stereocenters. The molecule has 0 fully saturated rings. The van der Waals surface area contributed by atoms with E-state index < -0.39 is 10.4 Å². The summed E-state index contributed by atoms with van der Waals surface area (Å²) in [6, 6.07) is 0. The van der Waals surface area contributed by atoms with Gasteiger partial charge in [0.05, 0.1) is 20.3 Å². The molecular formula is C19H36N2O7S. The Morgan fingerprint density at radius 3 is 2.41 bits per heavy atom. The maximum Gasteiger partial charge on any atom is 0.318 e. The molecule has 0 spiro atoms. The lowest BCUT2D eigenvalue weighted by molar-refractivity contribution is -0.677. The van der Waals surface area contributed by atoms with Crippen LogP contribution in [-0.2, 0) is 42.3 Å². The van der Waals surface area contributed by atoms with Crippen LogP contribution in [0.2, 0.25) is 0 Å². The van der Waals surface area contributed by atoms with Gasteiger partial charge in [-0.15, -0.1) is 0 Å². The Labute approximate surface area is 174 Å². The quantitative estimate of drug-likeness (QED) is 0.156. The van der Waals surface area contributed by atoms with Crippen molar-refractivity contribution in [2.24, 2.45) is 7.05 Å². The van der Waals surface area contributed by atoms with Crippen LogP contribution in [0.4, 0.5) is 0 Å². The third kappa shape index (κ3) is 17.1. The average Bonchev–Trinajstić information content (AvgIpc) is 3.03. The maximum atomic E-state index is 11.5. The Morgan fingerprint density at radius 1 is 1.21 bits per heavy atom. The Morgan fingerprint density at radius 2 is 1.86 bits per heavy atom. The third-order valence-corrected chi connectivity index (χ3v) is 4.36. The van der Waals surface area contributed by atoms with Crippen molar-refractivity contribution in [3.05, 3.63) is 18.2 Å². The molecular weight excluding hydrogens is 400 g/mol. The zero-order chi connectivity index (χ0) is 22.1. The van der Waals surface area contributed by atoms with Gasteiger partial charge < -0.3 is 14.0 Å². The van der Waals surface area contributed by atoms with Gasteiger partial charge in [-0.1, -0.05) is 39.0 Å². The van der Waals surface area contributed by atoms with Crippen molar-refractivity contribution in [1.82, 2.24) is 4.98 Å². The summed E-state index contributed by atoms with van der Waals surface area (Å²) in [5, 5.41) is 0. The molecule has 1 rings (SSSR count). The van der Waals surface area contributed by atoms with Crippen LogP contribution < -0.4 is 4.57 Å². The monoisotopic (exact) mass is 436 g/mol. The number of esters is 1.